The molecule has 0 saturated heterocycles. The van der Waals surface area contributed by atoms with E-state index in [1.54, 1.807) is 0 Å². The van der Waals surface area contributed by atoms with E-state index in [4.69, 9.17) is 10.5 Å². The molecule has 0 aromatic heterocycles. The van der Waals surface area contributed by atoms with E-state index < -0.39 is 29.9 Å². The predicted octanol–water partition coefficient (Wildman–Crippen LogP) is -0.0317. The van der Waals surface area contributed by atoms with Gasteiger partial charge in [-0.3, -0.25) is 24.0 Å². The molecule has 0 radical (unpaired) electrons. The highest BCUT2D eigenvalue weighted by Crippen LogP contribution is 2.68. The molecule has 0 unspecified atom stereocenters. The highest BCUT2D eigenvalue weighted by Gasteiger charge is 2.65. The fraction of sp³-hybridized carbons (Fsp3) is 0.848. The summed E-state index contributed by atoms with van der Waals surface area (Å²) in [5, 5.41) is 33.7. The Kier molecular flexibility index (Phi) is 11.7. The number of aliphatic hydroxyl groups excluding tert-OH is 2. The van der Waals surface area contributed by atoms with Gasteiger partial charge in [0.15, 0.2) is 0 Å². The van der Waals surface area contributed by atoms with E-state index in [9.17, 15) is 34.2 Å². The maximum Gasteiger partial charge on any atom is 0.305 e. The van der Waals surface area contributed by atoms with Crippen molar-refractivity contribution in [3.63, 3.8) is 0 Å². The Morgan fingerprint density at radius 1 is 0.870 bits per heavy atom. The molecular weight excluding hydrogens is 594 g/mol. The Morgan fingerprint density at radius 3 is 2.13 bits per heavy atom. The number of nitrogens with one attached hydrogen (secondary N) is 4. The lowest BCUT2D eigenvalue weighted by Crippen LogP contribution is -2.63. The molecule has 4 rings (SSSR count). The second kappa shape index (κ2) is 15.0. The van der Waals surface area contributed by atoms with Crippen molar-refractivity contribution >= 4 is 29.6 Å². The largest absolute Gasteiger partial charge is 0.469 e. The van der Waals surface area contributed by atoms with Crippen molar-refractivity contribution in [1.29, 1.82) is 0 Å². The molecule has 0 aromatic rings. The lowest BCUT2D eigenvalue weighted by molar-refractivity contribution is -0.202. The summed E-state index contributed by atoms with van der Waals surface area (Å²) in [5.74, 6) is -0.816. The predicted molar refractivity (Wildman–Crippen MR) is 168 cm³/mol. The third kappa shape index (κ3) is 7.52. The van der Waals surface area contributed by atoms with Crippen LogP contribution < -0.4 is 27.0 Å². The van der Waals surface area contributed by atoms with Crippen LogP contribution in [0.1, 0.15) is 78.6 Å². The van der Waals surface area contributed by atoms with Crippen molar-refractivity contribution in [2.45, 2.75) is 96.8 Å². The topological polar surface area (TPSA) is 209 Å². The molecule has 0 heterocycles. The van der Waals surface area contributed by atoms with Crippen molar-refractivity contribution < 1.29 is 38.9 Å². The number of nitrogens with two attached hydrogens (primary N) is 1. The average Bonchev–Trinajstić information content (AvgIpc) is 3.39. The van der Waals surface area contributed by atoms with E-state index in [0.717, 1.165) is 38.5 Å². The monoisotopic (exact) mass is 649 g/mol. The number of rotatable bonds is 12. The van der Waals surface area contributed by atoms with Gasteiger partial charge in [0.2, 0.25) is 23.6 Å². The van der Waals surface area contributed by atoms with Crippen LogP contribution in [-0.2, 0) is 28.7 Å². The first-order chi connectivity index (χ1) is 21.7. The molecule has 4 amide bonds. The maximum absolute atomic E-state index is 12.7. The summed E-state index contributed by atoms with van der Waals surface area (Å²) in [6.45, 7) is 5.63. The van der Waals surface area contributed by atoms with E-state index in [2.05, 4.69) is 42.0 Å². The van der Waals surface area contributed by atoms with Gasteiger partial charge in [-0.05, 0) is 97.7 Å². The number of carbonyl (C=O) groups excluding carboxylic acids is 5. The van der Waals surface area contributed by atoms with Crippen LogP contribution in [0.15, 0.2) is 0 Å². The van der Waals surface area contributed by atoms with Gasteiger partial charge in [-0.1, -0.05) is 20.8 Å². The lowest BCUT2D eigenvalue weighted by Gasteiger charge is -2.63. The number of fused-ring (bicyclic) bond motifs is 5. The molecule has 0 aromatic carbocycles. The van der Waals surface area contributed by atoms with Crippen LogP contribution in [0, 0.1) is 46.3 Å². The van der Waals surface area contributed by atoms with Gasteiger partial charge in [0.1, 0.15) is 0 Å². The molecule has 0 bridgehead atoms. The molecule has 8 N–H and O–H groups in total. The fourth-order valence-electron chi connectivity index (χ4n) is 9.95. The first-order valence-electron chi connectivity index (χ1n) is 17.0. The number of esters is 1. The lowest BCUT2D eigenvalue weighted by atomic mass is 9.43. The second-order valence-electron chi connectivity index (χ2n) is 14.8. The van der Waals surface area contributed by atoms with Gasteiger partial charge >= 0.3 is 5.97 Å². The Labute approximate surface area is 271 Å². The third-order valence-electron chi connectivity index (χ3n) is 12.5. The highest BCUT2D eigenvalue weighted by atomic mass is 16.5. The van der Waals surface area contributed by atoms with Crippen LogP contribution in [0.5, 0.6) is 0 Å². The van der Waals surface area contributed by atoms with Crippen molar-refractivity contribution in [3.05, 3.63) is 0 Å². The summed E-state index contributed by atoms with van der Waals surface area (Å²) >= 11 is 0. The summed E-state index contributed by atoms with van der Waals surface area (Å²) in [4.78, 5) is 59.5. The quantitative estimate of drug-likeness (QED) is 0.141. The highest BCUT2D eigenvalue weighted by molar-refractivity contribution is 5.90. The maximum atomic E-state index is 12.7. The van der Waals surface area contributed by atoms with Crippen LogP contribution in [0.4, 0.5) is 0 Å². The summed E-state index contributed by atoms with van der Waals surface area (Å²) < 4.78 is 4.86. The standard InChI is InChI=1S/C33H55N5O8/c1-18(5-8-30(45)46-4)21-6-7-22-31-23(13-25(40)33(21,22)3)32(2)10-9-20(11-19(32)12-24(31)39)38-29(44)17-37-28(43)16-36-27(42)15-35-26(41)14-34/h18-25,31,39-40H,5-17,34H2,1-4H3,(H,35,41)(H,36,42)(H,37,43)(H,38,44)/t18-,19+,20+,21-,22+,23+,24-,25+,31+,32+,33-/m1/s1. The Hall–Kier alpha value is -2.77. The van der Waals surface area contributed by atoms with Crippen LogP contribution in [0.2, 0.25) is 0 Å². The van der Waals surface area contributed by atoms with Crippen LogP contribution in [0.3, 0.4) is 0 Å². The van der Waals surface area contributed by atoms with Crippen LogP contribution >= 0.6 is 0 Å². The molecule has 4 saturated carbocycles. The van der Waals surface area contributed by atoms with Crippen molar-refractivity contribution in [3.8, 4) is 0 Å². The van der Waals surface area contributed by atoms with E-state index in [-0.39, 0.29) is 90.4 Å². The Balaban J connectivity index is 1.29. The smallest absolute Gasteiger partial charge is 0.305 e. The fourth-order valence-corrected chi connectivity index (χ4v) is 9.95. The van der Waals surface area contributed by atoms with Gasteiger partial charge in [-0.25, -0.2) is 0 Å². The zero-order valence-electron chi connectivity index (χ0n) is 27.8. The molecule has 11 atom stereocenters. The average molecular weight is 650 g/mol. The van der Waals surface area contributed by atoms with Gasteiger partial charge in [0.05, 0.1) is 45.5 Å². The van der Waals surface area contributed by atoms with Crippen LogP contribution in [0.25, 0.3) is 0 Å². The van der Waals surface area contributed by atoms with Gasteiger partial charge in [0.25, 0.3) is 0 Å². The number of hydrogen-bond donors (Lipinski definition) is 7. The van der Waals surface area contributed by atoms with Crippen LogP contribution in [-0.4, -0.2) is 91.3 Å². The van der Waals surface area contributed by atoms with Gasteiger partial charge in [-0.2, -0.15) is 0 Å². The molecule has 260 valence electrons. The van der Waals surface area contributed by atoms with E-state index in [1.165, 1.54) is 7.11 Å². The number of methoxy groups -OCH3 is 1. The van der Waals surface area contributed by atoms with Gasteiger partial charge in [-0.15, -0.1) is 0 Å². The Bertz CT molecular complexity index is 1150. The minimum atomic E-state index is -0.545. The van der Waals surface area contributed by atoms with E-state index in [0.29, 0.717) is 19.3 Å². The summed E-state index contributed by atoms with van der Waals surface area (Å²) in [7, 11) is 1.41. The molecule has 0 aliphatic heterocycles. The molecule has 4 aliphatic rings. The molecule has 4 fully saturated rings. The number of aliphatic hydroxyl groups is 2. The van der Waals surface area contributed by atoms with Gasteiger partial charge < -0.3 is 42.0 Å². The molecule has 0 spiro atoms. The number of hydrogen-bond acceptors (Lipinski definition) is 9. The molecule has 13 nitrogen and oxygen atoms in total. The number of amides is 4. The third-order valence-corrected chi connectivity index (χ3v) is 12.5. The van der Waals surface area contributed by atoms with Crippen molar-refractivity contribution in [2.75, 3.05) is 33.3 Å². The molecule has 46 heavy (non-hydrogen) atoms. The summed E-state index contributed by atoms with van der Waals surface area (Å²) in [6, 6.07) is -0.0811. The van der Waals surface area contributed by atoms with Crippen molar-refractivity contribution in [2.24, 2.45) is 52.1 Å². The zero-order chi connectivity index (χ0) is 33.8. The van der Waals surface area contributed by atoms with E-state index in [1.807, 2.05) is 0 Å². The first kappa shape index (κ1) is 36.1. The molecule has 13 heteroatoms. The summed E-state index contributed by atoms with van der Waals surface area (Å²) in [6.07, 6.45) is 5.81. The molecule has 4 aliphatic carbocycles. The minimum Gasteiger partial charge on any atom is -0.469 e. The Morgan fingerprint density at radius 2 is 1.50 bits per heavy atom. The SMILES string of the molecule is COC(=O)CC[C@@H](C)[C@H]1CC[C@H]2[C@@H]3[C@H](O)C[C@@H]4C[C@@H](NC(=O)CNC(=O)CNC(=O)CNC(=O)CN)CC[C@]4(C)[C@H]3C[C@H](O)[C@]12C. The normalized spacial score (nSPS) is 37.0. The number of ether oxygens (including phenoxy) is 1. The van der Waals surface area contributed by atoms with Crippen molar-refractivity contribution in [1.82, 2.24) is 21.3 Å². The first-order valence-corrected chi connectivity index (χ1v) is 17.0. The minimum absolute atomic E-state index is 0.0575. The van der Waals surface area contributed by atoms with E-state index >= 15 is 0 Å². The van der Waals surface area contributed by atoms with Gasteiger partial charge in [0, 0.05) is 12.5 Å². The molecular formula is C33H55N5O8. The summed E-state index contributed by atoms with van der Waals surface area (Å²) in [5.41, 5.74) is 4.80. The number of carbonyl (C=O) groups is 5. The zero-order valence-corrected chi connectivity index (χ0v) is 27.8. The second-order valence-corrected chi connectivity index (χ2v) is 14.8.